The van der Waals surface area contributed by atoms with Gasteiger partial charge in [-0.05, 0) is 54.8 Å². The second kappa shape index (κ2) is 8.05. The third-order valence-corrected chi connectivity index (χ3v) is 6.05. The summed E-state index contributed by atoms with van der Waals surface area (Å²) in [4.78, 5) is 44.0. The van der Waals surface area contributed by atoms with E-state index >= 15 is 0 Å². The molecule has 0 aliphatic carbocycles. The van der Waals surface area contributed by atoms with Crippen molar-refractivity contribution in [3.63, 3.8) is 0 Å². The number of carbonyl (C=O) groups excluding carboxylic acids is 3. The Bertz CT molecular complexity index is 1330. The molecule has 2 aliphatic heterocycles. The van der Waals surface area contributed by atoms with E-state index < -0.39 is 6.04 Å². The molecule has 8 heteroatoms. The van der Waals surface area contributed by atoms with Crippen molar-refractivity contribution < 1.29 is 19.1 Å². The molecule has 1 unspecified atom stereocenters. The van der Waals surface area contributed by atoms with Crippen LogP contribution in [0.4, 0.5) is 5.69 Å². The minimum atomic E-state index is -0.518. The fourth-order valence-corrected chi connectivity index (χ4v) is 4.29. The van der Waals surface area contributed by atoms with Gasteiger partial charge in [0.1, 0.15) is 11.8 Å². The monoisotopic (exact) mass is 442 g/mol. The minimum absolute atomic E-state index is 0.176. The largest absolute Gasteiger partial charge is 0.497 e. The average molecular weight is 442 g/mol. The molecule has 0 spiro atoms. The highest BCUT2D eigenvalue weighted by Crippen LogP contribution is 2.30. The third-order valence-electron chi connectivity index (χ3n) is 6.05. The van der Waals surface area contributed by atoms with Crippen LogP contribution in [-0.2, 0) is 11.3 Å². The highest BCUT2D eigenvalue weighted by Gasteiger charge is 2.38. The molecule has 0 saturated carbocycles. The summed E-state index contributed by atoms with van der Waals surface area (Å²) < 4.78 is 5.21. The van der Waals surface area contributed by atoms with Gasteiger partial charge in [0, 0.05) is 41.1 Å². The normalized spacial score (nSPS) is 17.7. The van der Waals surface area contributed by atoms with E-state index in [0.717, 1.165) is 16.5 Å². The van der Waals surface area contributed by atoms with E-state index in [2.05, 4.69) is 22.2 Å². The highest BCUT2D eigenvalue weighted by atomic mass is 16.5. The summed E-state index contributed by atoms with van der Waals surface area (Å²) in [6, 6.07) is 11.9. The maximum absolute atomic E-state index is 12.9. The van der Waals surface area contributed by atoms with E-state index in [0.29, 0.717) is 47.6 Å². The Hall–Kier alpha value is -4.20. The zero-order valence-corrected chi connectivity index (χ0v) is 18.1. The predicted octanol–water partition coefficient (Wildman–Crippen LogP) is 3.24. The molecule has 1 atom stereocenters. The number of hydrogen-bond donors (Lipinski definition) is 2. The summed E-state index contributed by atoms with van der Waals surface area (Å²) in [6.45, 7) is 4.11. The van der Waals surface area contributed by atoms with E-state index in [-0.39, 0.29) is 17.7 Å². The molecule has 1 saturated heterocycles. The minimum Gasteiger partial charge on any atom is -0.497 e. The standard InChI is InChI=1S/C25H22N4O4/c1-14-3-8-22(24(31)27-14)29-13-17-10-18(5-7-20(17)25(29)32)28-23(30)16-9-15-4-6-19(33-2)11-21(15)26-12-16/h4-7,9-12,22H,1,3,8,13H2,2H3,(H,27,31)(H,28,30). The number of rotatable bonds is 4. The molecular formula is C25H22N4O4. The highest BCUT2D eigenvalue weighted by molar-refractivity contribution is 6.07. The molecule has 166 valence electrons. The van der Waals surface area contributed by atoms with Crippen LogP contribution in [0.5, 0.6) is 5.75 Å². The zero-order chi connectivity index (χ0) is 23.1. The van der Waals surface area contributed by atoms with E-state index in [9.17, 15) is 14.4 Å². The lowest BCUT2D eigenvalue weighted by Gasteiger charge is -2.30. The molecule has 2 aliphatic rings. The van der Waals surface area contributed by atoms with Crippen LogP contribution in [0.25, 0.3) is 10.9 Å². The van der Waals surface area contributed by atoms with Gasteiger partial charge >= 0.3 is 0 Å². The van der Waals surface area contributed by atoms with Crippen LogP contribution in [0.3, 0.4) is 0 Å². The molecule has 2 N–H and O–H groups in total. The topological polar surface area (TPSA) is 101 Å². The van der Waals surface area contributed by atoms with Crippen molar-refractivity contribution in [1.29, 1.82) is 0 Å². The van der Waals surface area contributed by atoms with Gasteiger partial charge in [-0.25, -0.2) is 0 Å². The van der Waals surface area contributed by atoms with Crippen molar-refractivity contribution in [2.75, 3.05) is 12.4 Å². The van der Waals surface area contributed by atoms with Crippen molar-refractivity contribution in [3.8, 4) is 5.75 Å². The van der Waals surface area contributed by atoms with Gasteiger partial charge in [0.15, 0.2) is 0 Å². The number of piperidine rings is 1. The molecule has 2 aromatic carbocycles. The number of nitrogens with zero attached hydrogens (tertiary/aromatic N) is 2. The number of methoxy groups -OCH3 is 1. The summed E-state index contributed by atoms with van der Waals surface area (Å²) >= 11 is 0. The van der Waals surface area contributed by atoms with Gasteiger partial charge in [-0.15, -0.1) is 0 Å². The fourth-order valence-electron chi connectivity index (χ4n) is 4.29. The molecule has 1 aromatic heterocycles. The second-order valence-electron chi connectivity index (χ2n) is 8.19. The SMILES string of the molecule is C=C1CCC(N2Cc3cc(NC(=O)c4cnc5cc(OC)ccc5c4)ccc3C2=O)C(=O)N1. The van der Waals surface area contributed by atoms with Crippen LogP contribution in [0, 0.1) is 0 Å². The molecule has 3 heterocycles. The van der Waals surface area contributed by atoms with Crippen molar-refractivity contribution in [1.82, 2.24) is 15.2 Å². The van der Waals surface area contributed by atoms with Gasteiger partial charge in [-0.2, -0.15) is 0 Å². The Kier molecular flexibility index (Phi) is 5.05. The molecule has 1 fully saturated rings. The smallest absolute Gasteiger partial charge is 0.257 e. The lowest BCUT2D eigenvalue weighted by atomic mass is 10.0. The Labute approximate surface area is 190 Å². The third kappa shape index (κ3) is 3.80. The van der Waals surface area contributed by atoms with Gasteiger partial charge < -0.3 is 20.3 Å². The lowest BCUT2D eigenvalue weighted by Crippen LogP contribution is -2.49. The summed E-state index contributed by atoms with van der Waals surface area (Å²) in [6.07, 6.45) is 2.71. The zero-order valence-electron chi connectivity index (χ0n) is 18.1. The van der Waals surface area contributed by atoms with Gasteiger partial charge in [0.25, 0.3) is 11.8 Å². The first kappa shape index (κ1) is 20.7. The lowest BCUT2D eigenvalue weighted by molar-refractivity contribution is -0.126. The van der Waals surface area contributed by atoms with Crippen molar-refractivity contribution in [2.45, 2.75) is 25.4 Å². The van der Waals surface area contributed by atoms with Crippen LogP contribution >= 0.6 is 0 Å². The summed E-state index contributed by atoms with van der Waals surface area (Å²) in [5.41, 5.74) is 3.73. The van der Waals surface area contributed by atoms with Crippen LogP contribution in [-0.4, -0.2) is 40.8 Å². The number of amides is 3. The molecule has 0 bridgehead atoms. The van der Waals surface area contributed by atoms with E-state index in [1.165, 1.54) is 6.20 Å². The van der Waals surface area contributed by atoms with Gasteiger partial charge in [-0.1, -0.05) is 6.58 Å². The van der Waals surface area contributed by atoms with Crippen LogP contribution in [0.1, 0.15) is 39.1 Å². The number of pyridine rings is 1. The number of benzene rings is 2. The van der Waals surface area contributed by atoms with Gasteiger partial charge in [0.2, 0.25) is 5.91 Å². The van der Waals surface area contributed by atoms with E-state index in [1.807, 2.05) is 18.2 Å². The first-order valence-corrected chi connectivity index (χ1v) is 10.6. The Balaban J connectivity index is 1.33. The van der Waals surface area contributed by atoms with E-state index in [1.54, 1.807) is 36.3 Å². The van der Waals surface area contributed by atoms with Crippen LogP contribution < -0.4 is 15.4 Å². The number of hydrogen-bond acceptors (Lipinski definition) is 5. The Morgan fingerprint density at radius 1 is 1.21 bits per heavy atom. The number of carbonyl (C=O) groups is 3. The Morgan fingerprint density at radius 2 is 2.06 bits per heavy atom. The molecule has 3 aromatic rings. The van der Waals surface area contributed by atoms with Crippen LogP contribution in [0.15, 0.2) is 60.9 Å². The number of nitrogens with one attached hydrogen (secondary N) is 2. The number of aromatic nitrogens is 1. The van der Waals surface area contributed by atoms with E-state index in [4.69, 9.17) is 4.74 Å². The molecule has 5 rings (SSSR count). The number of anilines is 1. The fraction of sp³-hybridized carbons (Fsp3) is 0.200. The van der Waals surface area contributed by atoms with Crippen molar-refractivity contribution >= 4 is 34.3 Å². The number of ether oxygens (including phenoxy) is 1. The first-order chi connectivity index (χ1) is 15.9. The summed E-state index contributed by atoms with van der Waals surface area (Å²) in [7, 11) is 1.59. The molecule has 3 amide bonds. The molecular weight excluding hydrogens is 420 g/mol. The summed E-state index contributed by atoms with van der Waals surface area (Å²) in [5, 5.41) is 6.43. The maximum Gasteiger partial charge on any atom is 0.257 e. The quantitative estimate of drug-likeness (QED) is 0.646. The molecule has 8 nitrogen and oxygen atoms in total. The molecule has 0 radical (unpaired) electrons. The van der Waals surface area contributed by atoms with Gasteiger partial charge in [-0.3, -0.25) is 19.4 Å². The van der Waals surface area contributed by atoms with Crippen LogP contribution in [0.2, 0.25) is 0 Å². The number of fused-ring (bicyclic) bond motifs is 2. The molecule has 33 heavy (non-hydrogen) atoms. The second-order valence-corrected chi connectivity index (χ2v) is 8.19. The van der Waals surface area contributed by atoms with Gasteiger partial charge in [0.05, 0.1) is 18.2 Å². The van der Waals surface area contributed by atoms with Crippen molar-refractivity contribution in [3.05, 3.63) is 77.6 Å². The average Bonchev–Trinajstić information content (AvgIpc) is 3.13. The van der Waals surface area contributed by atoms with Crippen molar-refractivity contribution in [2.24, 2.45) is 0 Å². The maximum atomic E-state index is 12.9. The Morgan fingerprint density at radius 3 is 2.85 bits per heavy atom. The summed E-state index contributed by atoms with van der Waals surface area (Å²) in [5.74, 6) is 0.0168. The first-order valence-electron chi connectivity index (χ1n) is 10.6. The predicted molar refractivity (Wildman–Crippen MR) is 123 cm³/mol. The number of allylic oxidation sites excluding steroid dienone is 1.